The van der Waals surface area contributed by atoms with Crippen LogP contribution in [0.1, 0.15) is 30.3 Å². The Balaban J connectivity index is 2.19. The van der Waals surface area contributed by atoms with Gasteiger partial charge in [-0.25, -0.2) is 0 Å². The molecule has 2 rings (SSSR count). The smallest absolute Gasteiger partial charge is 0.167 e. The average Bonchev–Trinajstić information content (AvgIpc) is 2.90. The highest BCUT2D eigenvalue weighted by molar-refractivity contribution is 7.80. The first-order chi connectivity index (χ1) is 9.16. The zero-order valence-corrected chi connectivity index (χ0v) is 12.7. The summed E-state index contributed by atoms with van der Waals surface area (Å²) in [6.45, 7) is 4.16. The zero-order valence-electron chi connectivity index (χ0n) is 11.1. The summed E-state index contributed by atoms with van der Waals surface area (Å²) in [5.41, 5.74) is 1.22. The minimum atomic E-state index is 0.111. The molecule has 4 heteroatoms. The Morgan fingerprint density at radius 3 is 2.37 bits per heavy atom. The van der Waals surface area contributed by atoms with Gasteiger partial charge in [-0.15, -0.1) is 11.3 Å². The van der Waals surface area contributed by atoms with E-state index >= 15 is 0 Å². The second-order valence-electron chi connectivity index (χ2n) is 4.63. The van der Waals surface area contributed by atoms with E-state index in [1.54, 1.807) is 11.3 Å². The van der Waals surface area contributed by atoms with Gasteiger partial charge in [-0.3, -0.25) is 0 Å². The normalized spacial score (nSPS) is 12.2. The molecule has 1 heterocycles. The van der Waals surface area contributed by atoms with Crippen molar-refractivity contribution in [3.63, 3.8) is 0 Å². The number of hydrogen-bond donors (Lipinski definition) is 2. The van der Waals surface area contributed by atoms with Crippen molar-refractivity contribution in [1.29, 1.82) is 0 Å². The van der Waals surface area contributed by atoms with Crippen LogP contribution in [-0.4, -0.2) is 11.2 Å². The van der Waals surface area contributed by atoms with Gasteiger partial charge in [-0.05, 0) is 43.1 Å². The van der Waals surface area contributed by atoms with E-state index < -0.39 is 0 Å². The van der Waals surface area contributed by atoms with Crippen molar-refractivity contribution >= 4 is 28.7 Å². The Labute approximate surface area is 123 Å². The number of thiophene rings is 1. The molecule has 0 unspecified atom stereocenters. The molecule has 0 radical (unpaired) electrons. The fourth-order valence-electron chi connectivity index (χ4n) is 1.85. The number of nitrogens with one attached hydrogen (secondary N) is 2. The van der Waals surface area contributed by atoms with Gasteiger partial charge in [0.1, 0.15) is 0 Å². The van der Waals surface area contributed by atoms with Gasteiger partial charge < -0.3 is 10.6 Å². The third-order valence-electron chi connectivity index (χ3n) is 2.66. The predicted octanol–water partition coefficient (Wildman–Crippen LogP) is 3.71. The van der Waals surface area contributed by atoms with E-state index in [1.165, 1.54) is 10.4 Å². The third kappa shape index (κ3) is 4.04. The van der Waals surface area contributed by atoms with Crippen molar-refractivity contribution in [3.05, 3.63) is 58.3 Å². The summed E-state index contributed by atoms with van der Waals surface area (Å²) in [6, 6.07) is 15.0. The minimum absolute atomic E-state index is 0.111. The molecule has 0 bridgehead atoms. The van der Waals surface area contributed by atoms with E-state index in [0.717, 1.165) is 0 Å². The van der Waals surface area contributed by atoms with E-state index in [1.807, 2.05) is 6.07 Å². The summed E-state index contributed by atoms with van der Waals surface area (Å²) in [5, 5.41) is 9.41. The van der Waals surface area contributed by atoms with Crippen LogP contribution in [0.3, 0.4) is 0 Å². The van der Waals surface area contributed by atoms with E-state index in [0.29, 0.717) is 11.2 Å². The quantitative estimate of drug-likeness (QED) is 0.839. The highest BCUT2D eigenvalue weighted by atomic mass is 32.1. The molecule has 0 aliphatic rings. The molecule has 0 spiro atoms. The van der Waals surface area contributed by atoms with Gasteiger partial charge >= 0.3 is 0 Å². The maximum Gasteiger partial charge on any atom is 0.167 e. The van der Waals surface area contributed by atoms with Gasteiger partial charge in [0.2, 0.25) is 0 Å². The summed E-state index contributed by atoms with van der Waals surface area (Å²) in [6.07, 6.45) is 0. The monoisotopic (exact) mass is 290 g/mol. The molecular formula is C15H18N2S2. The fraction of sp³-hybridized carbons (Fsp3) is 0.267. The summed E-state index contributed by atoms with van der Waals surface area (Å²) >= 11 is 7.10. The molecule has 1 atom stereocenters. The van der Waals surface area contributed by atoms with Crippen LogP contribution < -0.4 is 10.6 Å². The highest BCUT2D eigenvalue weighted by Gasteiger charge is 2.16. The zero-order chi connectivity index (χ0) is 13.7. The molecule has 2 N–H and O–H groups in total. The lowest BCUT2D eigenvalue weighted by atomic mass is 10.1. The highest BCUT2D eigenvalue weighted by Crippen LogP contribution is 2.25. The van der Waals surface area contributed by atoms with Crippen LogP contribution >= 0.6 is 23.6 Å². The molecule has 2 nitrogen and oxygen atoms in total. The fourth-order valence-corrected chi connectivity index (χ4v) is 3.01. The third-order valence-corrected chi connectivity index (χ3v) is 3.83. The van der Waals surface area contributed by atoms with Gasteiger partial charge in [-0.2, -0.15) is 0 Å². The van der Waals surface area contributed by atoms with Crippen LogP contribution in [0.2, 0.25) is 0 Å². The van der Waals surface area contributed by atoms with Crippen molar-refractivity contribution in [3.8, 4) is 0 Å². The Bertz CT molecular complexity index is 506. The average molecular weight is 290 g/mol. The summed E-state index contributed by atoms with van der Waals surface area (Å²) < 4.78 is 0. The molecule has 0 fully saturated rings. The Hall–Kier alpha value is -1.39. The van der Waals surface area contributed by atoms with Crippen molar-refractivity contribution in [1.82, 2.24) is 10.6 Å². The van der Waals surface area contributed by atoms with Crippen LogP contribution in [0.5, 0.6) is 0 Å². The molecular weight excluding hydrogens is 272 g/mol. The number of benzene rings is 1. The lowest BCUT2D eigenvalue weighted by Gasteiger charge is -2.21. The van der Waals surface area contributed by atoms with E-state index in [9.17, 15) is 0 Å². The van der Waals surface area contributed by atoms with Gasteiger partial charge in [0.05, 0.1) is 6.04 Å². The Kier molecular flexibility index (Phi) is 4.93. The predicted molar refractivity (Wildman–Crippen MR) is 86.6 cm³/mol. The van der Waals surface area contributed by atoms with E-state index in [2.05, 4.69) is 66.3 Å². The van der Waals surface area contributed by atoms with Crippen LogP contribution in [0.4, 0.5) is 0 Å². The SMILES string of the molecule is CC(C)NC(=S)N[C@@H](c1ccccc1)c1cccs1. The summed E-state index contributed by atoms with van der Waals surface area (Å²) in [5.74, 6) is 0. The number of rotatable bonds is 4. The first-order valence-electron chi connectivity index (χ1n) is 6.32. The Morgan fingerprint density at radius 1 is 1.05 bits per heavy atom. The van der Waals surface area contributed by atoms with Crippen molar-refractivity contribution in [2.75, 3.05) is 0 Å². The first kappa shape index (κ1) is 14.0. The second-order valence-corrected chi connectivity index (χ2v) is 6.02. The first-order valence-corrected chi connectivity index (χ1v) is 7.61. The maximum atomic E-state index is 5.36. The molecule has 0 saturated carbocycles. The summed E-state index contributed by atoms with van der Waals surface area (Å²) in [7, 11) is 0. The lowest BCUT2D eigenvalue weighted by molar-refractivity contribution is 0.688. The molecule has 0 aliphatic carbocycles. The molecule has 0 aliphatic heterocycles. The lowest BCUT2D eigenvalue weighted by Crippen LogP contribution is -2.41. The molecule has 0 amide bonds. The van der Waals surface area contributed by atoms with Crippen LogP contribution in [0.25, 0.3) is 0 Å². The molecule has 100 valence electrons. The standard InChI is InChI=1S/C15H18N2S2/c1-11(2)16-15(18)17-14(13-9-6-10-19-13)12-7-4-3-5-8-12/h3-11,14H,1-2H3,(H2,16,17,18)/t14-/m0/s1. The Morgan fingerprint density at radius 2 is 1.79 bits per heavy atom. The molecule has 19 heavy (non-hydrogen) atoms. The topological polar surface area (TPSA) is 24.1 Å². The van der Waals surface area contributed by atoms with E-state index in [-0.39, 0.29) is 6.04 Å². The number of hydrogen-bond acceptors (Lipinski definition) is 2. The maximum absolute atomic E-state index is 5.36. The van der Waals surface area contributed by atoms with Gasteiger partial charge in [0, 0.05) is 10.9 Å². The van der Waals surface area contributed by atoms with Gasteiger partial charge in [0.25, 0.3) is 0 Å². The molecule has 2 aromatic rings. The van der Waals surface area contributed by atoms with E-state index in [4.69, 9.17) is 12.2 Å². The summed E-state index contributed by atoms with van der Waals surface area (Å²) in [4.78, 5) is 1.26. The number of thiocarbonyl (C=S) groups is 1. The molecule has 0 saturated heterocycles. The van der Waals surface area contributed by atoms with Crippen molar-refractivity contribution in [2.24, 2.45) is 0 Å². The van der Waals surface area contributed by atoms with Crippen LogP contribution in [0.15, 0.2) is 47.8 Å². The largest absolute Gasteiger partial charge is 0.361 e. The van der Waals surface area contributed by atoms with Gasteiger partial charge in [-0.1, -0.05) is 36.4 Å². The van der Waals surface area contributed by atoms with Crippen LogP contribution in [0, 0.1) is 0 Å². The van der Waals surface area contributed by atoms with Crippen molar-refractivity contribution in [2.45, 2.75) is 25.9 Å². The molecule has 1 aromatic carbocycles. The van der Waals surface area contributed by atoms with Crippen LogP contribution in [-0.2, 0) is 0 Å². The minimum Gasteiger partial charge on any atom is -0.361 e. The second kappa shape index (κ2) is 6.68. The van der Waals surface area contributed by atoms with Crippen molar-refractivity contribution < 1.29 is 0 Å². The van der Waals surface area contributed by atoms with Gasteiger partial charge in [0.15, 0.2) is 5.11 Å². The molecule has 1 aromatic heterocycles.